The fourth-order valence-corrected chi connectivity index (χ4v) is 1.64. The smallest absolute Gasteiger partial charge is 0.248 e. The first-order chi connectivity index (χ1) is 9.54. The maximum absolute atomic E-state index is 13.3. The predicted octanol–water partition coefficient (Wildman–Crippen LogP) is 4.27. The van der Waals surface area contributed by atoms with Gasteiger partial charge >= 0.3 is 0 Å². The Labute approximate surface area is 119 Å². The van der Waals surface area contributed by atoms with Crippen molar-refractivity contribution in [2.75, 3.05) is 5.32 Å². The summed E-state index contributed by atoms with van der Waals surface area (Å²) in [5.74, 6) is -2.03. The van der Waals surface area contributed by atoms with Gasteiger partial charge in [-0.25, -0.2) is 8.78 Å². The van der Waals surface area contributed by atoms with Crippen LogP contribution >= 0.6 is 11.6 Å². The van der Waals surface area contributed by atoms with Gasteiger partial charge in [-0.3, -0.25) is 4.79 Å². The van der Waals surface area contributed by atoms with Crippen molar-refractivity contribution in [3.63, 3.8) is 0 Å². The third kappa shape index (κ3) is 3.90. The second-order valence-corrected chi connectivity index (χ2v) is 4.43. The van der Waals surface area contributed by atoms with Crippen LogP contribution in [0.1, 0.15) is 5.56 Å². The number of benzene rings is 2. The van der Waals surface area contributed by atoms with Gasteiger partial charge in [-0.2, -0.15) is 0 Å². The first-order valence-electron chi connectivity index (χ1n) is 5.74. The van der Waals surface area contributed by atoms with E-state index in [2.05, 4.69) is 5.32 Å². The summed E-state index contributed by atoms with van der Waals surface area (Å²) in [5, 5.41) is 2.92. The predicted molar refractivity (Wildman–Crippen MR) is 75.5 cm³/mol. The molecule has 2 nitrogen and oxygen atoms in total. The summed E-state index contributed by atoms with van der Waals surface area (Å²) < 4.78 is 26.0. The second-order valence-electron chi connectivity index (χ2n) is 4.00. The topological polar surface area (TPSA) is 29.1 Å². The zero-order chi connectivity index (χ0) is 14.5. The van der Waals surface area contributed by atoms with E-state index in [-0.39, 0.29) is 5.69 Å². The van der Waals surface area contributed by atoms with E-state index in [1.165, 1.54) is 12.1 Å². The van der Waals surface area contributed by atoms with E-state index in [1.807, 2.05) is 0 Å². The van der Waals surface area contributed by atoms with Gasteiger partial charge in [0.15, 0.2) is 0 Å². The van der Waals surface area contributed by atoms with Crippen LogP contribution in [-0.2, 0) is 4.79 Å². The Morgan fingerprint density at radius 1 is 1.10 bits per heavy atom. The summed E-state index contributed by atoms with van der Waals surface area (Å²) in [6, 6.07) is 9.81. The largest absolute Gasteiger partial charge is 0.320 e. The van der Waals surface area contributed by atoms with Gasteiger partial charge < -0.3 is 5.32 Å². The number of carbonyl (C=O) groups is 1. The number of amides is 1. The molecule has 0 bridgehead atoms. The lowest BCUT2D eigenvalue weighted by Gasteiger charge is -2.03. The highest BCUT2D eigenvalue weighted by Crippen LogP contribution is 2.15. The van der Waals surface area contributed by atoms with Gasteiger partial charge in [0.25, 0.3) is 0 Å². The summed E-state index contributed by atoms with van der Waals surface area (Å²) in [5.41, 5.74) is 0.710. The Kier molecular flexibility index (Phi) is 4.48. The summed E-state index contributed by atoms with van der Waals surface area (Å²) in [6.07, 6.45) is 2.82. The Bertz CT molecular complexity index is 653. The second kappa shape index (κ2) is 6.30. The number of nitrogens with one attached hydrogen (secondary N) is 1. The summed E-state index contributed by atoms with van der Waals surface area (Å²) in [7, 11) is 0. The van der Waals surface area contributed by atoms with Crippen LogP contribution in [0.3, 0.4) is 0 Å². The van der Waals surface area contributed by atoms with E-state index in [9.17, 15) is 13.6 Å². The van der Waals surface area contributed by atoms with Crippen LogP contribution in [0.15, 0.2) is 48.5 Å². The standard InChI is InChI=1S/C15H10ClF2NO/c16-11-4-1-10(2-5-11)3-8-15(20)19-14-7-6-12(17)9-13(14)18/h1-9H,(H,19,20). The molecular weight excluding hydrogens is 284 g/mol. The molecule has 0 fully saturated rings. The lowest BCUT2D eigenvalue weighted by molar-refractivity contribution is -0.111. The average molecular weight is 294 g/mol. The van der Waals surface area contributed by atoms with Crippen molar-refractivity contribution < 1.29 is 13.6 Å². The molecule has 0 unspecified atom stereocenters. The zero-order valence-corrected chi connectivity index (χ0v) is 11.0. The number of hydrogen-bond donors (Lipinski definition) is 1. The molecule has 2 aromatic carbocycles. The van der Waals surface area contributed by atoms with Crippen molar-refractivity contribution in [3.8, 4) is 0 Å². The molecule has 20 heavy (non-hydrogen) atoms. The molecule has 0 aliphatic heterocycles. The minimum absolute atomic E-state index is 0.0721. The number of rotatable bonds is 3. The van der Waals surface area contributed by atoms with Gasteiger partial charge in [-0.05, 0) is 35.9 Å². The van der Waals surface area contributed by atoms with Crippen molar-refractivity contribution in [2.45, 2.75) is 0 Å². The number of carbonyl (C=O) groups excluding carboxylic acids is 1. The van der Waals surface area contributed by atoms with Gasteiger partial charge in [0.05, 0.1) is 5.69 Å². The van der Waals surface area contributed by atoms with Gasteiger partial charge in [0, 0.05) is 17.2 Å². The van der Waals surface area contributed by atoms with Crippen molar-refractivity contribution >= 4 is 29.3 Å². The number of hydrogen-bond acceptors (Lipinski definition) is 1. The van der Waals surface area contributed by atoms with E-state index in [0.29, 0.717) is 11.1 Å². The van der Waals surface area contributed by atoms with Crippen molar-refractivity contribution in [3.05, 3.63) is 70.8 Å². The Hall–Kier alpha value is -2.20. The quantitative estimate of drug-likeness (QED) is 0.841. The SMILES string of the molecule is O=C(C=Cc1ccc(Cl)cc1)Nc1ccc(F)cc1F. The number of halogens is 3. The lowest BCUT2D eigenvalue weighted by atomic mass is 10.2. The highest BCUT2D eigenvalue weighted by molar-refractivity contribution is 6.30. The molecule has 0 radical (unpaired) electrons. The van der Waals surface area contributed by atoms with Crippen LogP contribution in [0.4, 0.5) is 14.5 Å². The Morgan fingerprint density at radius 2 is 1.80 bits per heavy atom. The molecule has 1 amide bonds. The fourth-order valence-electron chi connectivity index (χ4n) is 1.51. The molecule has 0 atom stereocenters. The molecule has 0 aromatic heterocycles. The normalized spacial score (nSPS) is 10.8. The van der Waals surface area contributed by atoms with E-state index in [1.54, 1.807) is 30.3 Å². The molecule has 1 N–H and O–H groups in total. The first-order valence-corrected chi connectivity index (χ1v) is 6.12. The van der Waals surface area contributed by atoms with E-state index < -0.39 is 17.5 Å². The minimum atomic E-state index is -0.821. The molecular formula is C15H10ClF2NO. The van der Waals surface area contributed by atoms with Gasteiger partial charge in [-0.15, -0.1) is 0 Å². The molecule has 0 aliphatic rings. The maximum Gasteiger partial charge on any atom is 0.248 e. The average Bonchev–Trinajstić information content (AvgIpc) is 2.41. The minimum Gasteiger partial charge on any atom is -0.320 e. The van der Waals surface area contributed by atoms with Crippen molar-refractivity contribution in [2.24, 2.45) is 0 Å². The Morgan fingerprint density at radius 3 is 2.45 bits per heavy atom. The molecule has 2 aromatic rings. The molecule has 0 saturated carbocycles. The molecule has 102 valence electrons. The third-order valence-corrected chi connectivity index (χ3v) is 2.74. The lowest BCUT2D eigenvalue weighted by Crippen LogP contribution is -2.09. The molecule has 0 aliphatic carbocycles. The molecule has 0 heterocycles. The molecule has 0 spiro atoms. The van der Waals surface area contributed by atoms with Crippen molar-refractivity contribution in [1.82, 2.24) is 0 Å². The molecule has 0 saturated heterocycles. The summed E-state index contributed by atoms with van der Waals surface area (Å²) in [4.78, 5) is 11.6. The highest BCUT2D eigenvalue weighted by atomic mass is 35.5. The van der Waals surface area contributed by atoms with Crippen LogP contribution in [0, 0.1) is 11.6 Å². The summed E-state index contributed by atoms with van der Waals surface area (Å²) >= 11 is 5.74. The molecule has 2 rings (SSSR count). The van der Waals surface area contributed by atoms with E-state index >= 15 is 0 Å². The first kappa shape index (κ1) is 14.2. The highest BCUT2D eigenvalue weighted by Gasteiger charge is 2.05. The van der Waals surface area contributed by atoms with Gasteiger partial charge in [-0.1, -0.05) is 23.7 Å². The van der Waals surface area contributed by atoms with Gasteiger partial charge in [0.2, 0.25) is 5.91 Å². The van der Waals surface area contributed by atoms with Crippen LogP contribution in [-0.4, -0.2) is 5.91 Å². The fraction of sp³-hybridized carbons (Fsp3) is 0. The van der Waals surface area contributed by atoms with Crippen LogP contribution in [0.25, 0.3) is 6.08 Å². The van der Waals surface area contributed by atoms with Crippen molar-refractivity contribution in [1.29, 1.82) is 0 Å². The van der Waals surface area contributed by atoms with Crippen LogP contribution in [0.5, 0.6) is 0 Å². The van der Waals surface area contributed by atoms with Crippen LogP contribution in [0.2, 0.25) is 5.02 Å². The monoisotopic (exact) mass is 293 g/mol. The Balaban J connectivity index is 2.03. The summed E-state index contributed by atoms with van der Waals surface area (Å²) in [6.45, 7) is 0. The molecule has 5 heteroatoms. The third-order valence-electron chi connectivity index (χ3n) is 2.49. The van der Waals surface area contributed by atoms with Gasteiger partial charge in [0.1, 0.15) is 11.6 Å². The zero-order valence-electron chi connectivity index (χ0n) is 10.2. The van der Waals surface area contributed by atoms with Crippen LogP contribution < -0.4 is 5.32 Å². The van der Waals surface area contributed by atoms with E-state index in [0.717, 1.165) is 11.6 Å². The maximum atomic E-state index is 13.3. The number of anilines is 1. The van der Waals surface area contributed by atoms with E-state index in [4.69, 9.17) is 11.6 Å².